The molecule has 0 spiro atoms. The smallest absolute Gasteiger partial charge is 0.257 e. The monoisotopic (exact) mass is 280 g/mol. The molecule has 1 aromatic carbocycles. The summed E-state index contributed by atoms with van der Waals surface area (Å²) in [6.07, 6.45) is 4.86. The number of hydrogen-bond donors (Lipinski definition) is 2. The highest BCUT2D eigenvalue weighted by molar-refractivity contribution is 5.95. The summed E-state index contributed by atoms with van der Waals surface area (Å²) in [4.78, 5) is 12.0. The van der Waals surface area contributed by atoms with Crippen molar-refractivity contribution in [3.8, 4) is 0 Å². The largest absolute Gasteiger partial charge is 0.396 e. The molecule has 2 aliphatic carbocycles. The van der Waals surface area contributed by atoms with Gasteiger partial charge in [-0.3, -0.25) is 4.79 Å². The molecular weight excluding hydrogens is 262 g/mol. The Balaban J connectivity index is 1.66. The lowest BCUT2D eigenvalue weighted by atomic mass is 9.89. The number of nitrogens with two attached hydrogens (primary N) is 1. The van der Waals surface area contributed by atoms with Crippen molar-refractivity contribution in [1.82, 2.24) is 5.32 Å². The van der Waals surface area contributed by atoms with Crippen molar-refractivity contribution in [2.24, 2.45) is 17.8 Å². The Bertz CT molecular complexity index is 547. The zero-order chi connectivity index (χ0) is 14.3. The fourth-order valence-electron chi connectivity index (χ4n) is 3.72. The molecule has 0 aromatic heterocycles. The average Bonchev–Trinajstić information content (AvgIpc) is 3.03. The van der Waals surface area contributed by atoms with Crippen molar-refractivity contribution in [2.45, 2.75) is 25.7 Å². The van der Waals surface area contributed by atoms with Crippen LogP contribution in [0.3, 0.4) is 0 Å². The Morgan fingerprint density at radius 2 is 2.10 bits per heavy atom. The summed E-state index contributed by atoms with van der Waals surface area (Å²) in [5.41, 5.74) is 4.59. The van der Waals surface area contributed by atoms with Gasteiger partial charge in [0, 0.05) is 6.54 Å². The Morgan fingerprint density at radius 1 is 1.30 bits per heavy atom. The fraction of sp³-hybridized carbons (Fsp3) is 0.533. The fourth-order valence-corrected chi connectivity index (χ4v) is 3.72. The third kappa shape index (κ3) is 2.25. The molecule has 108 valence electrons. The number of carbonyl (C=O) groups is 1. The third-order valence-electron chi connectivity index (χ3n) is 4.76. The Labute approximate surface area is 116 Å². The molecular formula is C15H18F2N2O. The number of hydrogen-bond acceptors (Lipinski definition) is 2. The van der Waals surface area contributed by atoms with Crippen LogP contribution in [0.1, 0.15) is 36.0 Å². The molecule has 20 heavy (non-hydrogen) atoms. The molecule has 2 saturated carbocycles. The van der Waals surface area contributed by atoms with Gasteiger partial charge in [0.05, 0.1) is 5.69 Å². The van der Waals surface area contributed by atoms with Crippen molar-refractivity contribution < 1.29 is 13.6 Å². The molecule has 5 heteroatoms. The summed E-state index contributed by atoms with van der Waals surface area (Å²) in [5, 5.41) is 2.66. The second-order valence-corrected chi connectivity index (χ2v) is 5.97. The number of amides is 1. The summed E-state index contributed by atoms with van der Waals surface area (Å²) < 4.78 is 27.3. The predicted octanol–water partition coefficient (Wildman–Crippen LogP) is 2.71. The van der Waals surface area contributed by atoms with Gasteiger partial charge >= 0.3 is 0 Å². The van der Waals surface area contributed by atoms with E-state index in [9.17, 15) is 13.6 Å². The van der Waals surface area contributed by atoms with Crippen molar-refractivity contribution in [3.63, 3.8) is 0 Å². The molecule has 0 heterocycles. The van der Waals surface area contributed by atoms with Crippen molar-refractivity contribution in [1.29, 1.82) is 0 Å². The maximum absolute atomic E-state index is 13.7. The van der Waals surface area contributed by atoms with Gasteiger partial charge in [-0.2, -0.15) is 0 Å². The molecule has 1 aromatic rings. The molecule has 0 aliphatic heterocycles. The number of nitrogen functional groups attached to an aromatic ring is 1. The van der Waals surface area contributed by atoms with Gasteiger partial charge < -0.3 is 11.1 Å². The minimum atomic E-state index is -0.976. The lowest BCUT2D eigenvalue weighted by Gasteiger charge is -2.22. The first-order valence-electron chi connectivity index (χ1n) is 7.08. The van der Waals surface area contributed by atoms with E-state index in [0.29, 0.717) is 18.4 Å². The van der Waals surface area contributed by atoms with Gasteiger partial charge in [0.15, 0.2) is 5.82 Å². The SMILES string of the molecule is Nc1ccc(F)c(C(=O)NCC2CC3CCC2C3)c1F. The van der Waals surface area contributed by atoms with Crippen LogP contribution in [0.4, 0.5) is 14.5 Å². The first-order valence-corrected chi connectivity index (χ1v) is 7.08. The van der Waals surface area contributed by atoms with Crippen LogP contribution >= 0.6 is 0 Å². The minimum Gasteiger partial charge on any atom is -0.396 e. The van der Waals surface area contributed by atoms with Gasteiger partial charge in [-0.1, -0.05) is 6.42 Å². The first kappa shape index (κ1) is 13.3. The maximum atomic E-state index is 13.7. The number of rotatable bonds is 3. The summed E-state index contributed by atoms with van der Waals surface area (Å²) in [5.74, 6) is -0.670. The predicted molar refractivity (Wildman–Crippen MR) is 72.0 cm³/mol. The maximum Gasteiger partial charge on any atom is 0.257 e. The number of fused-ring (bicyclic) bond motifs is 2. The van der Waals surface area contributed by atoms with Crippen molar-refractivity contribution >= 4 is 11.6 Å². The zero-order valence-electron chi connectivity index (χ0n) is 11.2. The highest BCUT2D eigenvalue weighted by atomic mass is 19.1. The molecule has 3 unspecified atom stereocenters. The Hall–Kier alpha value is -1.65. The Kier molecular flexibility index (Phi) is 3.36. The zero-order valence-corrected chi connectivity index (χ0v) is 11.2. The average molecular weight is 280 g/mol. The van der Waals surface area contributed by atoms with Crippen LogP contribution < -0.4 is 11.1 Å². The van der Waals surface area contributed by atoms with E-state index in [2.05, 4.69) is 5.32 Å². The summed E-state index contributed by atoms with van der Waals surface area (Å²) >= 11 is 0. The molecule has 3 nitrogen and oxygen atoms in total. The van der Waals surface area contributed by atoms with Gasteiger partial charge in [0.1, 0.15) is 11.4 Å². The Morgan fingerprint density at radius 3 is 2.75 bits per heavy atom. The van der Waals surface area contributed by atoms with Crippen molar-refractivity contribution in [3.05, 3.63) is 29.3 Å². The third-order valence-corrected chi connectivity index (χ3v) is 4.76. The quantitative estimate of drug-likeness (QED) is 0.836. The van der Waals surface area contributed by atoms with Gasteiger partial charge in [0.25, 0.3) is 5.91 Å². The second kappa shape index (κ2) is 5.04. The van der Waals surface area contributed by atoms with E-state index >= 15 is 0 Å². The van der Waals surface area contributed by atoms with Gasteiger partial charge in [0.2, 0.25) is 0 Å². The van der Waals surface area contributed by atoms with E-state index in [4.69, 9.17) is 5.73 Å². The van der Waals surface area contributed by atoms with Crippen LogP contribution in [0.15, 0.2) is 12.1 Å². The van der Waals surface area contributed by atoms with E-state index in [1.54, 1.807) is 0 Å². The van der Waals surface area contributed by atoms with E-state index in [-0.39, 0.29) is 5.69 Å². The summed E-state index contributed by atoms with van der Waals surface area (Å²) in [6, 6.07) is 2.14. The molecule has 3 atom stereocenters. The highest BCUT2D eigenvalue weighted by Crippen LogP contribution is 2.47. The minimum absolute atomic E-state index is 0.212. The van der Waals surface area contributed by atoms with Crippen LogP contribution in [0, 0.1) is 29.4 Å². The molecule has 2 fully saturated rings. The van der Waals surface area contributed by atoms with Crippen LogP contribution in [0.2, 0.25) is 0 Å². The molecule has 3 N–H and O–H groups in total. The van der Waals surface area contributed by atoms with Gasteiger partial charge in [-0.15, -0.1) is 0 Å². The number of carbonyl (C=O) groups excluding carboxylic acids is 1. The van der Waals surface area contributed by atoms with Gasteiger partial charge in [-0.05, 0) is 49.1 Å². The molecule has 3 rings (SSSR count). The molecule has 0 saturated heterocycles. The van der Waals surface area contributed by atoms with Crippen LogP contribution in [-0.2, 0) is 0 Å². The highest BCUT2D eigenvalue weighted by Gasteiger charge is 2.39. The van der Waals surface area contributed by atoms with E-state index in [0.717, 1.165) is 24.5 Å². The van der Waals surface area contributed by atoms with Gasteiger partial charge in [-0.25, -0.2) is 8.78 Å². The normalized spacial score (nSPS) is 27.8. The van der Waals surface area contributed by atoms with Crippen LogP contribution in [-0.4, -0.2) is 12.5 Å². The summed E-state index contributed by atoms with van der Waals surface area (Å²) in [6.45, 7) is 0.494. The van der Waals surface area contributed by atoms with E-state index < -0.39 is 23.1 Å². The summed E-state index contributed by atoms with van der Waals surface area (Å²) in [7, 11) is 0. The molecule has 2 aliphatic rings. The van der Waals surface area contributed by atoms with E-state index in [1.807, 2.05) is 0 Å². The molecule has 2 bridgehead atoms. The van der Waals surface area contributed by atoms with Crippen LogP contribution in [0.25, 0.3) is 0 Å². The van der Waals surface area contributed by atoms with Crippen LogP contribution in [0.5, 0.6) is 0 Å². The first-order chi connectivity index (χ1) is 9.56. The van der Waals surface area contributed by atoms with Crippen molar-refractivity contribution in [2.75, 3.05) is 12.3 Å². The second-order valence-electron chi connectivity index (χ2n) is 5.97. The number of benzene rings is 1. The molecule has 1 amide bonds. The standard InChI is InChI=1S/C15H18F2N2O/c16-11-3-4-12(18)14(17)13(11)15(20)19-7-10-6-8-1-2-9(10)5-8/h3-4,8-10H,1-2,5-7,18H2,(H,19,20). The number of nitrogens with one attached hydrogen (secondary N) is 1. The topological polar surface area (TPSA) is 55.1 Å². The van der Waals surface area contributed by atoms with E-state index in [1.165, 1.54) is 19.3 Å². The molecule has 0 radical (unpaired) electrons. The number of anilines is 1. The lowest BCUT2D eigenvalue weighted by Crippen LogP contribution is -2.32. The number of halogens is 2. The lowest BCUT2D eigenvalue weighted by molar-refractivity contribution is 0.0933.